The highest BCUT2D eigenvalue weighted by atomic mass is 16.4. The molecule has 0 unspecified atom stereocenters. The first-order chi connectivity index (χ1) is 7.25. The Morgan fingerprint density at radius 3 is 2.87 bits per heavy atom. The highest BCUT2D eigenvalue weighted by Crippen LogP contribution is 2.15. The molecular formula is C11H12N2O2. The average Bonchev–Trinajstić information content (AvgIpc) is 2.71. The SMILES string of the molecule is O=C(O)c1ccnc(NC2CC=CC2)c1. The van der Waals surface area contributed by atoms with Gasteiger partial charge in [0, 0.05) is 12.2 Å². The van der Waals surface area contributed by atoms with Crippen molar-refractivity contribution in [1.82, 2.24) is 4.98 Å². The lowest BCUT2D eigenvalue weighted by Gasteiger charge is -2.12. The van der Waals surface area contributed by atoms with Crippen molar-refractivity contribution in [3.63, 3.8) is 0 Å². The molecule has 0 spiro atoms. The number of carbonyl (C=O) groups is 1. The molecule has 78 valence electrons. The lowest BCUT2D eigenvalue weighted by molar-refractivity contribution is 0.0697. The van der Waals surface area contributed by atoms with E-state index in [2.05, 4.69) is 22.5 Å². The van der Waals surface area contributed by atoms with Crippen molar-refractivity contribution in [3.05, 3.63) is 36.0 Å². The van der Waals surface area contributed by atoms with Crippen LogP contribution in [0.1, 0.15) is 23.2 Å². The minimum absolute atomic E-state index is 0.262. The second-order valence-corrected chi connectivity index (χ2v) is 3.52. The molecule has 0 amide bonds. The van der Waals surface area contributed by atoms with Crippen molar-refractivity contribution < 1.29 is 9.90 Å². The van der Waals surface area contributed by atoms with Crippen LogP contribution in [0.5, 0.6) is 0 Å². The second kappa shape index (κ2) is 4.13. The molecule has 0 bridgehead atoms. The molecular weight excluding hydrogens is 192 g/mol. The van der Waals surface area contributed by atoms with Gasteiger partial charge in [-0.3, -0.25) is 0 Å². The van der Waals surface area contributed by atoms with Gasteiger partial charge >= 0.3 is 5.97 Å². The Morgan fingerprint density at radius 2 is 2.20 bits per heavy atom. The number of nitrogens with zero attached hydrogens (tertiary/aromatic N) is 1. The number of pyridine rings is 1. The van der Waals surface area contributed by atoms with Gasteiger partial charge in [-0.1, -0.05) is 12.2 Å². The molecule has 0 aliphatic heterocycles. The number of carboxylic acid groups (broad SMARTS) is 1. The van der Waals surface area contributed by atoms with Gasteiger partial charge in [0.1, 0.15) is 5.82 Å². The normalized spacial score (nSPS) is 15.5. The molecule has 0 radical (unpaired) electrons. The van der Waals surface area contributed by atoms with Gasteiger partial charge in [-0.15, -0.1) is 0 Å². The lowest BCUT2D eigenvalue weighted by Crippen LogP contribution is -2.16. The molecule has 2 rings (SSSR count). The fourth-order valence-electron chi connectivity index (χ4n) is 1.59. The van der Waals surface area contributed by atoms with Crippen LogP contribution in [-0.2, 0) is 0 Å². The molecule has 1 heterocycles. The maximum absolute atomic E-state index is 10.7. The smallest absolute Gasteiger partial charge is 0.335 e. The van der Waals surface area contributed by atoms with Gasteiger partial charge in [0.15, 0.2) is 0 Å². The summed E-state index contributed by atoms with van der Waals surface area (Å²) in [5.74, 6) is -0.298. The second-order valence-electron chi connectivity index (χ2n) is 3.52. The number of hydrogen-bond donors (Lipinski definition) is 2. The Kier molecular flexibility index (Phi) is 2.67. The van der Waals surface area contributed by atoms with Crippen molar-refractivity contribution in [2.45, 2.75) is 18.9 Å². The predicted octanol–water partition coefficient (Wildman–Crippen LogP) is 1.91. The Balaban J connectivity index is 2.07. The molecule has 4 nitrogen and oxygen atoms in total. The van der Waals surface area contributed by atoms with E-state index in [1.165, 1.54) is 12.3 Å². The van der Waals surface area contributed by atoms with Gasteiger partial charge in [0.25, 0.3) is 0 Å². The van der Waals surface area contributed by atoms with Gasteiger partial charge in [0.05, 0.1) is 5.56 Å². The average molecular weight is 204 g/mol. The first kappa shape index (κ1) is 9.71. The van der Waals surface area contributed by atoms with E-state index in [0.717, 1.165) is 12.8 Å². The summed E-state index contributed by atoms with van der Waals surface area (Å²) in [6.07, 6.45) is 7.67. The standard InChI is InChI=1S/C11H12N2O2/c14-11(15)8-5-6-12-10(7-8)13-9-3-1-2-4-9/h1-2,5-7,9H,3-4H2,(H,12,13)(H,14,15). The van der Waals surface area contributed by atoms with E-state index in [1.807, 2.05) is 0 Å². The van der Waals surface area contributed by atoms with Crippen LogP contribution in [0, 0.1) is 0 Å². The monoisotopic (exact) mass is 204 g/mol. The number of anilines is 1. The van der Waals surface area contributed by atoms with E-state index in [4.69, 9.17) is 5.11 Å². The third-order valence-electron chi connectivity index (χ3n) is 2.37. The Hall–Kier alpha value is -1.84. The molecule has 1 aromatic rings. The molecule has 4 heteroatoms. The quantitative estimate of drug-likeness (QED) is 0.738. The predicted molar refractivity (Wildman–Crippen MR) is 57.0 cm³/mol. The van der Waals surface area contributed by atoms with Crippen LogP contribution >= 0.6 is 0 Å². The summed E-state index contributed by atoms with van der Waals surface area (Å²) in [4.78, 5) is 14.8. The summed E-state index contributed by atoms with van der Waals surface area (Å²) in [5, 5.41) is 12.0. The van der Waals surface area contributed by atoms with Crippen LogP contribution in [0.2, 0.25) is 0 Å². The van der Waals surface area contributed by atoms with Crippen molar-refractivity contribution in [1.29, 1.82) is 0 Å². The molecule has 0 fully saturated rings. The Bertz CT molecular complexity index is 393. The Labute approximate surface area is 87.7 Å². The summed E-state index contributed by atoms with van der Waals surface area (Å²) >= 11 is 0. The summed E-state index contributed by atoms with van der Waals surface area (Å²) in [7, 11) is 0. The van der Waals surface area contributed by atoms with E-state index >= 15 is 0 Å². The highest BCUT2D eigenvalue weighted by molar-refractivity contribution is 5.88. The lowest BCUT2D eigenvalue weighted by atomic mass is 10.2. The van der Waals surface area contributed by atoms with Gasteiger partial charge in [-0.05, 0) is 25.0 Å². The molecule has 1 aromatic heterocycles. The van der Waals surface area contributed by atoms with Crippen LogP contribution < -0.4 is 5.32 Å². The van der Waals surface area contributed by atoms with Crippen LogP contribution in [0.3, 0.4) is 0 Å². The fourth-order valence-corrected chi connectivity index (χ4v) is 1.59. The summed E-state index contributed by atoms with van der Waals surface area (Å²) in [6, 6.07) is 3.39. The van der Waals surface area contributed by atoms with E-state index < -0.39 is 5.97 Å². The highest BCUT2D eigenvalue weighted by Gasteiger charge is 2.11. The molecule has 1 aliphatic carbocycles. The summed E-state index contributed by atoms with van der Waals surface area (Å²) in [5.41, 5.74) is 0.262. The minimum Gasteiger partial charge on any atom is -0.478 e. The van der Waals surface area contributed by atoms with Crippen LogP contribution in [0.25, 0.3) is 0 Å². The van der Waals surface area contributed by atoms with Gasteiger partial charge < -0.3 is 10.4 Å². The van der Waals surface area contributed by atoms with E-state index in [1.54, 1.807) is 6.07 Å². The van der Waals surface area contributed by atoms with Crippen molar-refractivity contribution in [2.24, 2.45) is 0 Å². The number of carboxylic acids is 1. The zero-order chi connectivity index (χ0) is 10.7. The zero-order valence-electron chi connectivity index (χ0n) is 8.18. The topological polar surface area (TPSA) is 62.2 Å². The van der Waals surface area contributed by atoms with Gasteiger partial charge in [-0.2, -0.15) is 0 Å². The molecule has 0 aromatic carbocycles. The number of aromatic nitrogens is 1. The zero-order valence-corrected chi connectivity index (χ0v) is 8.18. The van der Waals surface area contributed by atoms with Crippen LogP contribution in [0.4, 0.5) is 5.82 Å². The van der Waals surface area contributed by atoms with Gasteiger partial charge in [0.2, 0.25) is 0 Å². The largest absolute Gasteiger partial charge is 0.478 e. The molecule has 0 saturated heterocycles. The number of rotatable bonds is 3. The molecule has 0 atom stereocenters. The maximum atomic E-state index is 10.7. The molecule has 2 N–H and O–H groups in total. The third-order valence-corrected chi connectivity index (χ3v) is 2.37. The summed E-state index contributed by atoms with van der Waals surface area (Å²) in [6.45, 7) is 0. The van der Waals surface area contributed by atoms with E-state index in [9.17, 15) is 4.79 Å². The fraction of sp³-hybridized carbons (Fsp3) is 0.273. The van der Waals surface area contributed by atoms with Crippen molar-refractivity contribution in [3.8, 4) is 0 Å². The van der Waals surface area contributed by atoms with Gasteiger partial charge in [-0.25, -0.2) is 9.78 Å². The number of aromatic carboxylic acids is 1. The van der Waals surface area contributed by atoms with E-state index in [0.29, 0.717) is 11.9 Å². The summed E-state index contributed by atoms with van der Waals surface area (Å²) < 4.78 is 0. The van der Waals surface area contributed by atoms with Crippen molar-refractivity contribution in [2.75, 3.05) is 5.32 Å². The molecule has 0 saturated carbocycles. The number of hydrogen-bond acceptors (Lipinski definition) is 3. The van der Waals surface area contributed by atoms with Crippen LogP contribution in [0.15, 0.2) is 30.5 Å². The number of nitrogens with one attached hydrogen (secondary N) is 1. The Morgan fingerprint density at radius 1 is 1.47 bits per heavy atom. The molecule has 15 heavy (non-hydrogen) atoms. The van der Waals surface area contributed by atoms with Crippen LogP contribution in [-0.4, -0.2) is 22.1 Å². The first-order valence-corrected chi connectivity index (χ1v) is 4.86. The molecule has 1 aliphatic rings. The first-order valence-electron chi connectivity index (χ1n) is 4.86. The third kappa shape index (κ3) is 2.34. The maximum Gasteiger partial charge on any atom is 0.335 e. The minimum atomic E-state index is -0.926. The van der Waals surface area contributed by atoms with E-state index in [-0.39, 0.29) is 5.56 Å². The van der Waals surface area contributed by atoms with Crippen molar-refractivity contribution >= 4 is 11.8 Å².